The van der Waals surface area contributed by atoms with Crippen LogP contribution in [-0.4, -0.2) is 17.1 Å². The molecule has 1 aromatic heterocycles. The Labute approximate surface area is 89.9 Å². The van der Waals surface area contributed by atoms with E-state index >= 15 is 0 Å². The molecular weight excluding hydrogens is 194 g/mol. The van der Waals surface area contributed by atoms with Crippen molar-refractivity contribution < 1.29 is 0 Å². The molecule has 76 valence electrons. The zero-order valence-corrected chi connectivity index (χ0v) is 9.53. The summed E-state index contributed by atoms with van der Waals surface area (Å²) in [6, 6.07) is 4.08. The predicted molar refractivity (Wildman–Crippen MR) is 62.2 cm³/mol. The molecule has 0 bridgehead atoms. The van der Waals surface area contributed by atoms with Gasteiger partial charge in [-0.25, -0.2) is 0 Å². The lowest BCUT2D eigenvalue weighted by molar-refractivity contribution is 0.847. The number of aromatic nitrogens is 1. The molecule has 0 amide bonds. The fourth-order valence-electron chi connectivity index (χ4n) is 1.04. The van der Waals surface area contributed by atoms with Gasteiger partial charge in [0.1, 0.15) is 0 Å². The molecule has 0 aliphatic rings. The summed E-state index contributed by atoms with van der Waals surface area (Å²) in [4.78, 5) is 4.43. The molecule has 0 unspecified atom stereocenters. The van der Waals surface area contributed by atoms with Crippen LogP contribution in [0.15, 0.2) is 12.1 Å². The van der Waals surface area contributed by atoms with Gasteiger partial charge in [-0.15, -0.1) is 0 Å². The zero-order chi connectivity index (χ0) is 10.6. The summed E-state index contributed by atoms with van der Waals surface area (Å²) < 4.78 is 0. The van der Waals surface area contributed by atoms with Crippen LogP contribution in [0.5, 0.6) is 0 Å². The van der Waals surface area contributed by atoms with Gasteiger partial charge in [0.15, 0.2) is 5.11 Å². The number of hydrogen-bond acceptors (Lipinski definition) is 2. The van der Waals surface area contributed by atoms with Crippen LogP contribution in [0.25, 0.3) is 0 Å². The third kappa shape index (κ3) is 2.96. The third-order valence-corrected chi connectivity index (χ3v) is 2.41. The van der Waals surface area contributed by atoms with Crippen molar-refractivity contribution in [1.29, 1.82) is 0 Å². The molecule has 0 spiro atoms. The second kappa shape index (κ2) is 4.91. The van der Waals surface area contributed by atoms with Gasteiger partial charge in [-0.2, -0.15) is 0 Å². The van der Waals surface area contributed by atoms with E-state index < -0.39 is 0 Å². The van der Waals surface area contributed by atoms with Crippen molar-refractivity contribution >= 4 is 17.3 Å². The Hall–Kier alpha value is -1.16. The molecule has 0 aliphatic carbocycles. The molecule has 14 heavy (non-hydrogen) atoms. The lowest BCUT2D eigenvalue weighted by Crippen LogP contribution is -2.32. The number of nitrogens with zero attached hydrogens (tertiary/aromatic N) is 1. The molecule has 4 heteroatoms. The van der Waals surface area contributed by atoms with Gasteiger partial charge in [0.25, 0.3) is 0 Å². The van der Waals surface area contributed by atoms with E-state index in [1.165, 1.54) is 5.56 Å². The first kappa shape index (κ1) is 10.9. The van der Waals surface area contributed by atoms with Crippen LogP contribution < -0.4 is 10.6 Å². The maximum Gasteiger partial charge on any atom is 0.166 e. The monoisotopic (exact) mass is 209 g/mol. The number of thiocarbonyl (C=S) groups is 1. The Balaban J connectivity index is 2.60. The fraction of sp³-hybridized carbons (Fsp3) is 0.400. The highest BCUT2D eigenvalue weighted by atomic mass is 32.1. The molecule has 0 atom stereocenters. The summed E-state index contributed by atoms with van der Waals surface area (Å²) in [6.45, 7) is 4.73. The molecule has 1 rings (SSSR count). The molecular formula is C10H15N3S. The molecule has 1 heterocycles. The first-order chi connectivity index (χ1) is 6.63. The third-order valence-electron chi connectivity index (χ3n) is 2.06. The Kier molecular flexibility index (Phi) is 3.83. The Morgan fingerprint density at radius 2 is 2.14 bits per heavy atom. The average molecular weight is 209 g/mol. The van der Waals surface area contributed by atoms with Gasteiger partial charge in [0.2, 0.25) is 0 Å². The van der Waals surface area contributed by atoms with Crippen molar-refractivity contribution in [3.63, 3.8) is 0 Å². The molecule has 3 nitrogen and oxygen atoms in total. The Morgan fingerprint density at radius 1 is 1.43 bits per heavy atom. The van der Waals surface area contributed by atoms with Crippen LogP contribution in [0, 0.1) is 13.8 Å². The van der Waals surface area contributed by atoms with Crippen molar-refractivity contribution in [2.24, 2.45) is 0 Å². The first-order valence-corrected chi connectivity index (χ1v) is 4.93. The second-order valence-electron chi connectivity index (χ2n) is 3.14. The highest BCUT2D eigenvalue weighted by Gasteiger charge is 1.98. The summed E-state index contributed by atoms with van der Waals surface area (Å²) in [5.41, 5.74) is 3.29. The van der Waals surface area contributed by atoms with Gasteiger partial charge in [-0.3, -0.25) is 4.98 Å². The van der Waals surface area contributed by atoms with Crippen LogP contribution in [0.2, 0.25) is 0 Å². The Morgan fingerprint density at radius 3 is 2.71 bits per heavy atom. The minimum Gasteiger partial charge on any atom is -0.366 e. The second-order valence-corrected chi connectivity index (χ2v) is 3.55. The van der Waals surface area contributed by atoms with Crippen molar-refractivity contribution in [2.75, 3.05) is 7.05 Å². The molecule has 0 fully saturated rings. The van der Waals surface area contributed by atoms with E-state index in [2.05, 4.69) is 28.6 Å². The molecule has 1 aromatic rings. The van der Waals surface area contributed by atoms with E-state index in [0.29, 0.717) is 11.7 Å². The van der Waals surface area contributed by atoms with Crippen LogP contribution in [-0.2, 0) is 6.54 Å². The average Bonchev–Trinajstić information content (AvgIpc) is 2.19. The Bertz CT molecular complexity index is 336. The number of aryl methyl sites for hydroxylation is 2. The highest BCUT2D eigenvalue weighted by molar-refractivity contribution is 7.80. The van der Waals surface area contributed by atoms with E-state index in [9.17, 15) is 0 Å². The van der Waals surface area contributed by atoms with Crippen LogP contribution >= 0.6 is 12.2 Å². The summed E-state index contributed by atoms with van der Waals surface area (Å²) in [5, 5.41) is 6.55. The molecule has 0 saturated carbocycles. The maximum absolute atomic E-state index is 4.96. The first-order valence-electron chi connectivity index (χ1n) is 4.52. The SMILES string of the molecule is CNC(=S)NCc1ccc(C)c(C)n1. The quantitative estimate of drug-likeness (QED) is 0.720. The predicted octanol–water partition coefficient (Wildman–Crippen LogP) is 1.29. The van der Waals surface area contributed by atoms with Crippen LogP contribution in [0.4, 0.5) is 0 Å². The van der Waals surface area contributed by atoms with Gasteiger partial charge < -0.3 is 10.6 Å². The van der Waals surface area contributed by atoms with Gasteiger partial charge in [0, 0.05) is 12.7 Å². The number of hydrogen-bond donors (Lipinski definition) is 2. The van der Waals surface area contributed by atoms with E-state index in [1.54, 1.807) is 7.05 Å². The number of pyridine rings is 1. The molecule has 2 N–H and O–H groups in total. The fourth-order valence-corrected chi connectivity index (χ4v) is 1.11. The normalized spacial score (nSPS) is 9.64. The standard InChI is InChI=1S/C10H15N3S/c1-7-4-5-9(13-8(7)2)6-12-10(14)11-3/h4-5H,6H2,1-3H3,(H2,11,12,14). The van der Waals surface area contributed by atoms with Gasteiger partial charge >= 0.3 is 0 Å². The minimum absolute atomic E-state index is 0.644. The lowest BCUT2D eigenvalue weighted by atomic mass is 10.2. The summed E-state index contributed by atoms with van der Waals surface area (Å²) in [6.07, 6.45) is 0. The zero-order valence-electron chi connectivity index (χ0n) is 8.72. The maximum atomic E-state index is 4.96. The number of nitrogens with one attached hydrogen (secondary N) is 2. The van der Waals surface area contributed by atoms with E-state index in [4.69, 9.17) is 12.2 Å². The van der Waals surface area contributed by atoms with Crippen molar-refractivity contribution in [3.8, 4) is 0 Å². The van der Waals surface area contributed by atoms with E-state index in [1.807, 2.05) is 13.0 Å². The summed E-state index contributed by atoms with van der Waals surface area (Å²) in [7, 11) is 1.79. The van der Waals surface area contributed by atoms with E-state index in [0.717, 1.165) is 11.4 Å². The van der Waals surface area contributed by atoms with Crippen LogP contribution in [0.1, 0.15) is 17.0 Å². The van der Waals surface area contributed by atoms with Crippen molar-refractivity contribution in [3.05, 3.63) is 29.1 Å². The van der Waals surface area contributed by atoms with Crippen molar-refractivity contribution in [1.82, 2.24) is 15.6 Å². The van der Waals surface area contributed by atoms with Gasteiger partial charge in [0.05, 0.1) is 12.2 Å². The summed E-state index contributed by atoms with van der Waals surface area (Å²) >= 11 is 4.96. The van der Waals surface area contributed by atoms with E-state index in [-0.39, 0.29) is 0 Å². The van der Waals surface area contributed by atoms with Crippen LogP contribution in [0.3, 0.4) is 0 Å². The van der Waals surface area contributed by atoms with Gasteiger partial charge in [-0.05, 0) is 37.7 Å². The largest absolute Gasteiger partial charge is 0.366 e. The molecule has 0 aromatic carbocycles. The number of rotatable bonds is 2. The highest BCUT2D eigenvalue weighted by Crippen LogP contribution is 2.04. The lowest BCUT2D eigenvalue weighted by Gasteiger charge is -2.07. The molecule has 0 aliphatic heterocycles. The minimum atomic E-state index is 0.644. The van der Waals surface area contributed by atoms with Gasteiger partial charge in [-0.1, -0.05) is 6.07 Å². The molecule has 0 radical (unpaired) electrons. The topological polar surface area (TPSA) is 37.0 Å². The van der Waals surface area contributed by atoms with Crippen molar-refractivity contribution in [2.45, 2.75) is 20.4 Å². The molecule has 0 saturated heterocycles. The summed E-state index contributed by atoms with van der Waals surface area (Å²) in [5.74, 6) is 0. The smallest absolute Gasteiger partial charge is 0.166 e.